The lowest BCUT2D eigenvalue weighted by molar-refractivity contribution is 0.623. The first kappa shape index (κ1) is 19.5. The average Bonchev–Trinajstić information content (AvgIpc) is 3.49. The van der Waals surface area contributed by atoms with Crippen molar-refractivity contribution in [3.8, 4) is 23.3 Å². The topological polar surface area (TPSA) is 114 Å². The second-order valence-electron chi connectivity index (χ2n) is 7.06. The Labute approximate surface area is 174 Å². The number of nitriles is 1. The van der Waals surface area contributed by atoms with Crippen molar-refractivity contribution < 1.29 is 0 Å². The third-order valence-electron chi connectivity index (χ3n) is 4.85. The van der Waals surface area contributed by atoms with Crippen molar-refractivity contribution in [1.82, 2.24) is 40.0 Å². The van der Waals surface area contributed by atoms with Crippen LogP contribution in [0.1, 0.15) is 49.5 Å². The zero-order valence-electron chi connectivity index (χ0n) is 17.1. The van der Waals surface area contributed by atoms with E-state index in [0.717, 1.165) is 48.6 Å². The molecule has 0 aliphatic carbocycles. The Morgan fingerprint density at radius 2 is 1.87 bits per heavy atom. The molecule has 3 heterocycles. The summed E-state index contributed by atoms with van der Waals surface area (Å²) in [5.74, 6) is 2.34. The third kappa shape index (κ3) is 3.85. The zero-order chi connectivity index (χ0) is 20.9. The normalized spacial score (nSPS) is 11.0. The molecule has 0 spiro atoms. The van der Waals surface area contributed by atoms with Crippen LogP contribution in [-0.2, 0) is 19.4 Å². The molecule has 0 aliphatic rings. The Morgan fingerprint density at radius 3 is 2.53 bits per heavy atom. The quantitative estimate of drug-likeness (QED) is 0.485. The minimum atomic E-state index is 0.385. The molecule has 30 heavy (non-hydrogen) atoms. The first-order valence-corrected chi connectivity index (χ1v) is 10.1. The summed E-state index contributed by atoms with van der Waals surface area (Å²) in [6.45, 7) is 4.97. The smallest absolute Gasteiger partial charge is 0.222 e. The van der Waals surface area contributed by atoms with Crippen LogP contribution in [0.15, 0.2) is 36.5 Å². The summed E-state index contributed by atoms with van der Waals surface area (Å²) >= 11 is 0. The molecule has 0 amide bonds. The van der Waals surface area contributed by atoms with Gasteiger partial charge in [0.2, 0.25) is 5.82 Å². The van der Waals surface area contributed by atoms with Gasteiger partial charge in [-0.3, -0.25) is 0 Å². The maximum absolute atomic E-state index is 9.43. The number of nitrogens with one attached hydrogen (secondary N) is 1. The van der Waals surface area contributed by atoms with Gasteiger partial charge < -0.3 is 4.57 Å². The molecule has 0 saturated carbocycles. The molecule has 0 atom stereocenters. The summed E-state index contributed by atoms with van der Waals surface area (Å²) < 4.78 is 3.90. The monoisotopic (exact) mass is 401 g/mol. The summed E-state index contributed by atoms with van der Waals surface area (Å²) in [6, 6.07) is 12.1. The molecule has 4 aromatic rings. The van der Waals surface area contributed by atoms with E-state index in [0.29, 0.717) is 23.6 Å². The highest BCUT2D eigenvalue weighted by atomic mass is 15.5. The molecule has 0 aliphatic heterocycles. The van der Waals surface area contributed by atoms with Crippen LogP contribution in [0.3, 0.4) is 0 Å². The minimum absolute atomic E-state index is 0.385. The lowest BCUT2D eigenvalue weighted by Gasteiger charge is -2.09. The summed E-state index contributed by atoms with van der Waals surface area (Å²) in [5, 5.41) is 28.2. The van der Waals surface area contributed by atoms with Gasteiger partial charge in [-0.2, -0.15) is 15.6 Å². The number of aromatic nitrogens is 8. The summed E-state index contributed by atoms with van der Waals surface area (Å²) in [5.41, 5.74) is 3.16. The van der Waals surface area contributed by atoms with E-state index in [1.54, 1.807) is 6.07 Å². The van der Waals surface area contributed by atoms with Crippen LogP contribution in [-0.4, -0.2) is 40.0 Å². The molecule has 152 valence electrons. The van der Waals surface area contributed by atoms with Gasteiger partial charge in [-0.25, -0.2) is 9.67 Å². The van der Waals surface area contributed by atoms with Gasteiger partial charge in [0.1, 0.15) is 17.6 Å². The Balaban J connectivity index is 1.61. The van der Waals surface area contributed by atoms with Crippen molar-refractivity contribution in [1.29, 1.82) is 5.26 Å². The number of aryl methyl sites for hydroxylation is 2. The minimum Gasteiger partial charge on any atom is -0.313 e. The molecule has 0 unspecified atom stereocenters. The molecular formula is C21H23N9. The number of H-pyrrole nitrogens is 1. The number of hydrogen-bond donors (Lipinski definition) is 1. The highest BCUT2D eigenvalue weighted by molar-refractivity contribution is 5.64. The Hall–Kier alpha value is -3.80. The van der Waals surface area contributed by atoms with Gasteiger partial charge >= 0.3 is 0 Å². The number of hydrogen-bond acceptors (Lipinski definition) is 6. The Kier molecular flexibility index (Phi) is 5.66. The molecule has 1 aromatic carbocycles. The number of aromatic amines is 1. The van der Waals surface area contributed by atoms with Crippen LogP contribution in [0, 0.1) is 11.3 Å². The van der Waals surface area contributed by atoms with E-state index >= 15 is 0 Å². The number of nitrogens with zero attached hydrogens (tertiary/aromatic N) is 8. The van der Waals surface area contributed by atoms with Gasteiger partial charge in [0.15, 0.2) is 5.82 Å². The summed E-state index contributed by atoms with van der Waals surface area (Å²) in [6.07, 6.45) is 5.73. The maximum Gasteiger partial charge on any atom is 0.222 e. The van der Waals surface area contributed by atoms with Crippen molar-refractivity contribution in [2.24, 2.45) is 0 Å². The first-order valence-electron chi connectivity index (χ1n) is 10.1. The molecule has 4 rings (SSSR count). The molecule has 9 nitrogen and oxygen atoms in total. The van der Waals surface area contributed by atoms with Crippen molar-refractivity contribution >= 4 is 0 Å². The van der Waals surface area contributed by atoms with E-state index < -0.39 is 0 Å². The van der Waals surface area contributed by atoms with E-state index in [-0.39, 0.29) is 0 Å². The van der Waals surface area contributed by atoms with Gasteiger partial charge in [-0.1, -0.05) is 26.0 Å². The fourth-order valence-corrected chi connectivity index (χ4v) is 3.45. The standard InChI is InChI=1S/C21H23N9/c1-3-5-18-23-19(6-4-2)30(26-18)14-15-7-9-17(10-8-15)29-12-11-16(13-22)20(29)21-24-27-28-25-21/h7-12H,3-6,14H2,1-2H3,(H,24,25,27,28). The van der Waals surface area contributed by atoms with Crippen LogP contribution < -0.4 is 0 Å². The number of tetrazole rings is 1. The molecule has 0 fully saturated rings. The maximum atomic E-state index is 9.43. The van der Waals surface area contributed by atoms with Crippen LogP contribution >= 0.6 is 0 Å². The predicted molar refractivity (Wildman–Crippen MR) is 111 cm³/mol. The van der Waals surface area contributed by atoms with Crippen LogP contribution in [0.25, 0.3) is 17.2 Å². The average molecular weight is 401 g/mol. The van der Waals surface area contributed by atoms with Crippen LogP contribution in [0.5, 0.6) is 0 Å². The molecule has 0 bridgehead atoms. The van der Waals surface area contributed by atoms with Gasteiger partial charge in [0.25, 0.3) is 0 Å². The van der Waals surface area contributed by atoms with E-state index in [1.807, 2.05) is 27.6 Å². The van der Waals surface area contributed by atoms with Gasteiger partial charge in [-0.15, -0.1) is 10.2 Å². The second-order valence-corrected chi connectivity index (χ2v) is 7.06. The zero-order valence-corrected chi connectivity index (χ0v) is 17.1. The van der Waals surface area contributed by atoms with Crippen molar-refractivity contribution in [3.05, 3.63) is 59.3 Å². The Morgan fingerprint density at radius 1 is 1.07 bits per heavy atom. The second kappa shape index (κ2) is 8.69. The molecule has 0 radical (unpaired) electrons. The van der Waals surface area contributed by atoms with Crippen molar-refractivity contribution in [3.63, 3.8) is 0 Å². The fraction of sp³-hybridized carbons (Fsp3) is 0.333. The van der Waals surface area contributed by atoms with E-state index in [1.165, 1.54) is 0 Å². The van der Waals surface area contributed by atoms with Crippen molar-refractivity contribution in [2.45, 2.75) is 46.1 Å². The molecule has 3 aromatic heterocycles. The van der Waals surface area contributed by atoms with Crippen molar-refractivity contribution in [2.75, 3.05) is 0 Å². The van der Waals surface area contributed by atoms with Gasteiger partial charge in [0, 0.05) is 24.7 Å². The SMILES string of the molecule is CCCc1nc(CCC)n(Cc2ccc(-n3ccc(C#N)c3-c3nn[nH]n3)cc2)n1. The molecule has 9 heteroatoms. The fourth-order valence-electron chi connectivity index (χ4n) is 3.45. The third-order valence-corrected chi connectivity index (χ3v) is 4.85. The highest BCUT2D eigenvalue weighted by Gasteiger charge is 2.16. The summed E-state index contributed by atoms with van der Waals surface area (Å²) in [7, 11) is 0. The lowest BCUT2D eigenvalue weighted by Crippen LogP contribution is -2.07. The predicted octanol–water partition coefficient (Wildman–Crippen LogP) is 3.07. The van der Waals surface area contributed by atoms with Gasteiger partial charge in [0.05, 0.1) is 12.1 Å². The molecule has 0 saturated heterocycles. The number of benzene rings is 1. The van der Waals surface area contributed by atoms with E-state index in [4.69, 9.17) is 10.1 Å². The number of rotatable bonds is 8. The van der Waals surface area contributed by atoms with Gasteiger partial charge in [-0.05, 0) is 41.8 Å². The molecular weight excluding hydrogens is 378 g/mol. The lowest BCUT2D eigenvalue weighted by atomic mass is 10.2. The van der Waals surface area contributed by atoms with E-state index in [9.17, 15) is 5.26 Å². The van der Waals surface area contributed by atoms with Crippen LogP contribution in [0.2, 0.25) is 0 Å². The van der Waals surface area contributed by atoms with Crippen LogP contribution in [0.4, 0.5) is 0 Å². The highest BCUT2D eigenvalue weighted by Crippen LogP contribution is 2.25. The molecule has 1 N–H and O–H groups in total. The Bertz CT molecular complexity index is 1140. The summed E-state index contributed by atoms with van der Waals surface area (Å²) in [4.78, 5) is 4.70. The first-order chi connectivity index (χ1) is 14.7. The largest absolute Gasteiger partial charge is 0.313 e. The van der Waals surface area contributed by atoms with E-state index in [2.05, 4.69) is 52.7 Å².